The summed E-state index contributed by atoms with van der Waals surface area (Å²) in [6, 6.07) is 15.9. The van der Waals surface area contributed by atoms with Gasteiger partial charge in [-0.25, -0.2) is 4.39 Å². The maximum absolute atomic E-state index is 13.0. The third kappa shape index (κ3) is 1.99. The second kappa shape index (κ2) is 4.73. The van der Waals surface area contributed by atoms with Crippen LogP contribution in [0.1, 0.15) is 22.8 Å². The van der Waals surface area contributed by atoms with Crippen LogP contribution in [0.5, 0.6) is 0 Å². The molecule has 2 nitrogen and oxygen atoms in total. The summed E-state index contributed by atoms with van der Waals surface area (Å²) >= 11 is 0. The van der Waals surface area contributed by atoms with Gasteiger partial charge in [-0.2, -0.15) is 5.26 Å². The highest BCUT2D eigenvalue weighted by Crippen LogP contribution is 2.45. The van der Waals surface area contributed by atoms with Crippen molar-refractivity contribution in [3.63, 3.8) is 0 Å². The Kier molecular flexibility index (Phi) is 3.04. The Morgan fingerprint density at radius 2 is 1.60 bits per heavy atom. The van der Waals surface area contributed by atoms with Crippen molar-refractivity contribution in [2.45, 2.75) is 18.9 Å². The Morgan fingerprint density at radius 1 is 1.05 bits per heavy atom. The third-order valence-electron chi connectivity index (χ3n) is 4.06. The molecule has 0 fully saturated rings. The Labute approximate surface area is 117 Å². The van der Waals surface area contributed by atoms with Crippen molar-refractivity contribution < 1.29 is 9.50 Å². The first-order valence-corrected chi connectivity index (χ1v) is 6.56. The van der Waals surface area contributed by atoms with Crippen LogP contribution in [0, 0.1) is 22.6 Å². The second-order valence-electron chi connectivity index (χ2n) is 5.34. The average molecular weight is 267 g/mol. The third-order valence-corrected chi connectivity index (χ3v) is 4.06. The monoisotopic (exact) mass is 267 g/mol. The average Bonchev–Trinajstić information content (AvgIpc) is 2.87. The van der Waals surface area contributed by atoms with E-state index in [2.05, 4.69) is 6.07 Å². The lowest BCUT2D eigenvalue weighted by atomic mass is 9.77. The Hall–Kier alpha value is -2.18. The van der Waals surface area contributed by atoms with Gasteiger partial charge in [-0.05, 0) is 41.7 Å². The first-order valence-electron chi connectivity index (χ1n) is 6.56. The van der Waals surface area contributed by atoms with Gasteiger partial charge in [-0.15, -0.1) is 0 Å². The Morgan fingerprint density at radius 3 is 2.10 bits per heavy atom. The van der Waals surface area contributed by atoms with Crippen LogP contribution in [0.3, 0.4) is 0 Å². The largest absolute Gasteiger partial charge is 0.387 e. The molecule has 1 aliphatic carbocycles. The Balaban J connectivity index is 1.96. The molecule has 0 aliphatic heterocycles. The molecule has 100 valence electrons. The molecule has 2 aromatic rings. The zero-order valence-electron chi connectivity index (χ0n) is 10.9. The number of rotatable bonds is 2. The standard InChI is InChI=1S/C17H14FNO/c18-15-7-5-12(6-8-15)16(20)17(11-19)9-13-3-1-2-4-14(13)10-17/h1-8,16,20H,9-10H2. The van der Waals surface area contributed by atoms with E-state index in [0.717, 1.165) is 11.1 Å². The molecule has 0 saturated heterocycles. The van der Waals surface area contributed by atoms with Gasteiger partial charge in [-0.3, -0.25) is 0 Å². The topological polar surface area (TPSA) is 44.0 Å². The van der Waals surface area contributed by atoms with Crippen molar-refractivity contribution in [3.05, 3.63) is 71.0 Å². The molecule has 2 aromatic carbocycles. The van der Waals surface area contributed by atoms with Gasteiger partial charge in [0, 0.05) is 0 Å². The highest BCUT2D eigenvalue weighted by molar-refractivity contribution is 5.39. The predicted octanol–water partition coefficient (Wildman–Crippen LogP) is 3.17. The van der Waals surface area contributed by atoms with Crippen LogP contribution in [0.25, 0.3) is 0 Å². The molecule has 20 heavy (non-hydrogen) atoms. The lowest BCUT2D eigenvalue weighted by Gasteiger charge is -2.27. The van der Waals surface area contributed by atoms with Crippen molar-refractivity contribution in [1.29, 1.82) is 5.26 Å². The summed E-state index contributed by atoms with van der Waals surface area (Å²) < 4.78 is 13.0. The van der Waals surface area contributed by atoms with E-state index in [4.69, 9.17) is 0 Å². The van der Waals surface area contributed by atoms with E-state index in [1.165, 1.54) is 12.1 Å². The number of benzene rings is 2. The number of hydrogen-bond donors (Lipinski definition) is 1. The highest BCUT2D eigenvalue weighted by Gasteiger charge is 2.44. The Bertz CT molecular complexity index is 647. The predicted molar refractivity (Wildman–Crippen MR) is 73.3 cm³/mol. The fourth-order valence-electron chi connectivity index (χ4n) is 2.94. The van der Waals surface area contributed by atoms with E-state index in [1.54, 1.807) is 12.1 Å². The van der Waals surface area contributed by atoms with Crippen LogP contribution >= 0.6 is 0 Å². The first kappa shape index (κ1) is 12.8. The zero-order valence-corrected chi connectivity index (χ0v) is 10.9. The molecular formula is C17H14FNO. The van der Waals surface area contributed by atoms with Crippen molar-refractivity contribution in [2.75, 3.05) is 0 Å². The molecule has 0 aromatic heterocycles. The number of fused-ring (bicyclic) bond motifs is 1. The summed E-state index contributed by atoms with van der Waals surface area (Å²) in [5.41, 5.74) is 1.94. The van der Waals surface area contributed by atoms with Gasteiger partial charge in [-0.1, -0.05) is 36.4 Å². The lowest BCUT2D eigenvalue weighted by Crippen LogP contribution is -2.28. The molecule has 0 bridgehead atoms. The molecule has 0 saturated carbocycles. The van der Waals surface area contributed by atoms with E-state index < -0.39 is 11.5 Å². The molecule has 1 N–H and O–H groups in total. The van der Waals surface area contributed by atoms with Crippen LogP contribution in [-0.2, 0) is 12.8 Å². The summed E-state index contributed by atoms with van der Waals surface area (Å²) in [5, 5.41) is 20.2. The summed E-state index contributed by atoms with van der Waals surface area (Å²) in [7, 11) is 0. The summed E-state index contributed by atoms with van der Waals surface area (Å²) in [4.78, 5) is 0. The van der Waals surface area contributed by atoms with Gasteiger partial charge in [0.05, 0.1) is 17.6 Å². The first-order chi connectivity index (χ1) is 9.64. The van der Waals surface area contributed by atoms with E-state index in [9.17, 15) is 14.8 Å². The molecule has 1 aliphatic rings. The van der Waals surface area contributed by atoms with Crippen LogP contribution in [-0.4, -0.2) is 5.11 Å². The van der Waals surface area contributed by atoms with Crippen molar-refractivity contribution in [1.82, 2.24) is 0 Å². The van der Waals surface area contributed by atoms with Gasteiger partial charge in [0.2, 0.25) is 0 Å². The molecular weight excluding hydrogens is 253 g/mol. The highest BCUT2D eigenvalue weighted by atomic mass is 19.1. The lowest BCUT2D eigenvalue weighted by molar-refractivity contribution is 0.0693. The number of hydrogen-bond acceptors (Lipinski definition) is 2. The number of aliphatic hydroxyl groups excluding tert-OH is 1. The van der Waals surface area contributed by atoms with Gasteiger partial charge in [0.1, 0.15) is 5.82 Å². The molecule has 3 heteroatoms. The minimum atomic E-state index is -0.916. The van der Waals surface area contributed by atoms with Crippen molar-refractivity contribution in [3.8, 4) is 6.07 Å². The number of aliphatic hydroxyl groups is 1. The van der Waals surface area contributed by atoms with Crippen LogP contribution in [0.4, 0.5) is 4.39 Å². The zero-order chi connectivity index (χ0) is 14.2. The smallest absolute Gasteiger partial charge is 0.123 e. The van der Waals surface area contributed by atoms with E-state index in [-0.39, 0.29) is 5.82 Å². The van der Waals surface area contributed by atoms with E-state index in [1.807, 2.05) is 24.3 Å². The number of nitriles is 1. The van der Waals surface area contributed by atoms with Gasteiger partial charge in [0.25, 0.3) is 0 Å². The molecule has 0 amide bonds. The minimum absolute atomic E-state index is 0.346. The van der Waals surface area contributed by atoms with Crippen LogP contribution in [0.2, 0.25) is 0 Å². The maximum atomic E-state index is 13.0. The summed E-state index contributed by atoms with van der Waals surface area (Å²) in [5.74, 6) is -0.346. The number of nitrogens with zero attached hydrogens (tertiary/aromatic N) is 1. The summed E-state index contributed by atoms with van der Waals surface area (Å²) in [6.07, 6.45) is 0.136. The molecule has 1 atom stereocenters. The van der Waals surface area contributed by atoms with Crippen molar-refractivity contribution >= 4 is 0 Å². The second-order valence-corrected chi connectivity index (χ2v) is 5.34. The molecule has 0 radical (unpaired) electrons. The van der Waals surface area contributed by atoms with E-state index >= 15 is 0 Å². The molecule has 0 spiro atoms. The van der Waals surface area contributed by atoms with Crippen molar-refractivity contribution in [2.24, 2.45) is 5.41 Å². The minimum Gasteiger partial charge on any atom is -0.387 e. The maximum Gasteiger partial charge on any atom is 0.123 e. The fourth-order valence-corrected chi connectivity index (χ4v) is 2.94. The van der Waals surface area contributed by atoms with Crippen LogP contribution in [0.15, 0.2) is 48.5 Å². The van der Waals surface area contributed by atoms with E-state index in [0.29, 0.717) is 18.4 Å². The number of halogens is 1. The molecule has 3 rings (SSSR count). The van der Waals surface area contributed by atoms with Gasteiger partial charge >= 0.3 is 0 Å². The van der Waals surface area contributed by atoms with Gasteiger partial charge in [0.15, 0.2) is 0 Å². The molecule has 1 unspecified atom stereocenters. The van der Waals surface area contributed by atoms with Crippen LogP contribution < -0.4 is 0 Å². The quantitative estimate of drug-likeness (QED) is 0.908. The van der Waals surface area contributed by atoms with Gasteiger partial charge < -0.3 is 5.11 Å². The molecule has 0 heterocycles. The normalized spacial score (nSPS) is 17.2. The fraction of sp³-hybridized carbons (Fsp3) is 0.235. The summed E-state index contributed by atoms with van der Waals surface area (Å²) in [6.45, 7) is 0. The SMILES string of the molecule is N#CC1(C(O)c2ccc(F)cc2)Cc2ccccc2C1.